The van der Waals surface area contributed by atoms with Crippen molar-refractivity contribution in [1.29, 1.82) is 0 Å². The van der Waals surface area contributed by atoms with Gasteiger partial charge in [-0.25, -0.2) is 4.41 Å². The molecule has 0 atom stereocenters. The highest BCUT2D eigenvalue weighted by Crippen LogP contribution is 2.29. The van der Waals surface area contributed by atoms with E-state index in [2.05, 4.69) is 77.6 Å². The molecule has 1 aliphatic heterocycles. The maximum absolute atomic E-state index is 3.38. The number of nitrogens with zero attached hydrogens (tertiary/aromatic N) is 1. The molecule has 0 amide bonds. The Bertz CT molecular complexity index is 606. The van der Waals surface area contributed by atoms with Crippen LogP contribution < -0.4 is 5.43 Å². The molecule has 1 heterocycles. The van der Waals surface area contributed by atoms with Crippen LogP contribution >= 0.6 is 23.7 Å². The van der Waals surface area contributed by atoms with E-state index in [1.165, 1.54) is 15.4 Å². The minimum Gasteiger partial charge on any atom is -0.289 e. The van der Waals surface area contributed by atoms with Gasteiger partial charge in [0.1, 0.15) is 0 Å². The summed E-state index contributed by atoms with van der Waals surface area (Å²) in [6, 6.07) is 17.2. The Morgan fingerprint density at radius 2 is 1.67 bits per heavy atom. The normalized spacial score (nSPS) is 14.2. The second-order valence-corrected chi connectivity index (χ2v) is 7.09. The van der Waals surface area contributed by atoms with Crippen LogP contribution in [0.1, 0.15) is 12.0 Å². The molecule has 0 unspecified atom stereocenters. The van der Waals surface area contributed by atoms with E-state index in [1.54, 1.807) is 23.7 Å². The number of rotatable bonds is 4. The lowest BCUT2D eigenvalue weighted by Crippen LogP contribution is -2.18. The average Bonchev–Trinajstić information content (AvgIpc) is 2.53. The van der Waals surface area contributed by atoms with Gasteiger partial charge in [-0.2, -0.15) is 0 Å². The molecule has 0 radical (unpaired) electrons. The largest absolute Gasteiger partial charge is 0.289 e. The monoisotopic (exact) mass is 314 g/mol. The van der Waals surface area contributed by atoms with E-state index < -0.39 is 0 Å². The lowest BCUT2D eigenvalue weighted by atomic mass is 10.2. The first kappa shape index (κ1) is 14.4. The van der Waals surface area contributed by atoms with Gasteiger partial charge in [0, 0.05) is 21.7 Å². The zero-order chi connectivity index (χ0) is 14.5. The van der Waals surface area contributed by atoms with Gasteiger partial charge in [0.2, 0.25) is 0 Å². The molecular formula is C17H18N2S2. The number of hydrogen-bond donors (Lipinski definition) is 1. The molecule has 21 heavy (non-hydrogen) atoms. The van der Waals surface area contributed by atoms with Crippen LogP contribution in [0.3, 0.4) is 0 Å². The highest BCUT2D eigenvalue weighted by Gasteiger charge is 2.04. The number of aryl methyl sites for hydroxylation is 1. The minimum atomic E-state index is 1.11. The van der Waals surface area contributed by atoms with E-state index in [1.807, 2.05) is 0 Å². The van der Waals surface area contributed by atoms with Crippen molar-refractivity contribution in [3.63, 3.8) is 0 Å². The summed E-state index contributed by atoms with van der Waals surface area (Å²) >= 11 is 3.59. The Morgan fingerprint density at radius 1 is 1.00 bits per heavy atom. The van der Waals surface area contributed by atoms with E-state index in [0.29, 0.717) is 0 Å². The highest BCUT2D eigenvalue weighted by atomic mass is 32.2. The van der Waals surface area contributed by atoms with Crippen LogP contribution in [-0.2, 0) is 0 Å². The van der Waals surface area contributed by atoms with Crippen molar-refractivity contribution in [2.75, 3.05) is 11.2 Å². The van der Waals surface area contributed by atoms with Crippen LogP contribution in [0.25, 0.3) is 0 Å². The molecule has 0 bridgehead atoms. The number of hydrogen-bond acceptors (Lipinski definition) is 4. The molecule has 4 heteroatoms. The lowest BCUT2D eigenvalue weighted by molar-refractivity contribution is 0.735. The van der Waals surface area contributed by atoms with Crippen molar-refractivity contribution >= 4 is 29.4 Å². The van der Waals surface area contributed by atoms with Gasteiger partial charge in [0.15, 0.2) is 0 Å². The second-order valence-electron chi connectivity index (χ2n) is 4.88. The highest BCUT2D eigenvalue weighted by molar-refractivity contribution is 7.99. The SMILES string of the molecule is Cc1ccc(Sc2ccc(NN3C=CCCS3)cc2)cc1. The summed E-state index contributed by atoms with van der Waals surface area (Å²) < 4.78 is 2.06. The summed E-state index contributed by atoms with van der Waals surface area (Å²) in [5.74, 6) is 1.13. The smallest absolute Gasteiger partial charge is 0.0552 e. The predicted octanol–water partition coefficient (Wildman–Crippen LogP) is 5.34. The average molecular weight is 314 g/mol. The lowest BCUT2D eigenvalue weighted by Gasteiger charge is -2.23. The van der Waals surface area contributed by atoms with Gasteiger partial charge in [-0.05, 0) is 61.7 Å². The van der Waals surface area contributed by atoms with Gasteiger partial charge in [-0.3, -0.25) is 5.43 Å². The van der Waals surface area contributed by atoms with Gasteiger partial charge in [-0.1, -0.05) is 35.5 Å². The van der Waals surface area contributed by atoms with Crippen molar-refractivity contribution in [3.8, 4) is 0 Å². The van der Waals surface area contributed by atoms with Crippen molar-refractivity contribution in [2.24, 2.45) is 0 Å². The Labute approximate surface area is 134 Å². The zero-order valence-electron chi connectivity index (χ0n) is 12.0. The Kier molecular flexibility index (Phi) is 4.78. The van der Waals surface area contributed by atoms with Crippen LogP contribution in [0.15, 0.2) is 70.6 Å². The third-order valence-electron chi connectivity index (χ3n) is 3.11. The molecule has 2 aromatic carbocycles. The first-order valence-corrected chi connectivity index (χ1v) is 8.75. The number of nitrogens with one attached hydrogen (secondary N) is 1. The summed E-state index contributed by atoms with van der Waals surface area (Å²) in [6.07, 6.45) is 5.42. The molecular weight excluding hydrogens is 296 g/mol. The van der Waals surface area contributed by atoms with Gasteiger partial charge in [-0.15, -0.1) is 0 Å². The zero-order valence-corrected chi connectivity index (χ0v) is 13.6. The van der Waals surface area contributed by atoms with Crippen molar-refractivity contribution < 1.29 is 0 Å². The van der Waals surface area contributed by atoms with Crippen molar-refractivity contribution in [1.82, 2.24) is 4.41 Å². The van der Waals surface area contributed by atoms with E-state index in [-0.39, 0.29) is 0 Å². The second kappa shape index (κ2) is 6.96. The standard InChI is InChI=1S/C17H18N2S2/c1-14-4-8-16(9-5-14)21-17-10-6-15(7-11-17)18-19-12-2-3-13-20-19/h2,4-12,18H,3,13H2,1H3. The Morgan fingerprint density at radius 3 is 2.29 bits per heavy atom. The topological polar surface area (TPSA) is 15.3 Å². The van der Waals surface area contributed by atoms with Crippen LogP contribution in [0.5, 0.6) is 0 Å². The summed E-state index contributed by atoms with van der Waals surface area (Å²) in [7, 11) is 0. The first-order chi connectivity index (χ1) is 10.3. The minimum absolute atomic E-state index is 1.11. The molecule has 108 valence electrons. The fraction of sp³-hybridized carbons (Fsp3) is 0.176. The van der Waals surface area contributed by atoms with Crippen LogP contribution in [0, 0.1) is 6.92 Å². The molecule has 3 rings (SSSR count). The molecule has 0 saturated carbocycles. The van der Waals surface area contributed by atoms with Crippen LogP contribution in [0.4, 0.5) is 5.69 Å². The molecule has 0 aromatic heterocycles. The molecule has 2 nitrogen and oxygen atoms in total. The van der Waals surface area contributed by atoms with Gasteiger partial charge in [0.25, 0.3) is 0 Å². The molecule has 0 saturated heterocycles. The number of anilines is 1. The molecule has 0 spiro atoms. The maximum atomic E-state index is 3.38. The third-order valence-corrected chi connectivity index (χ3v) is 5.03. The van der Waals surface area contributed by atoms with E-state index in [0.717, 1.165) is 17.9 Å². The summed E-state index contributed by atoms with van der Waals surface area (Å²) in [5, 5.41) is 0. The van der Waals surface area contributed by atoms with E-state index >= 15 is 0 Å². The predicted molar refractivity (Wildman–Crippen MR) is 93.4 cm³/mol. The van der Waals surface area contributed by atoms with E-state index in [9.17, 15) is 0 Å². The number of hydrazine groups is 1. The maximum Gasteiger partial charge on any atom is 0.0552 e. The molecule has 0 fully saturated rings. The molecule has 1 aliphatic rings. The molecule has 0 aliphatic carbocycles. The summed E-state index contributed by atoms with van der Waals surface area (Å²) in [4.78, 5) is 2.53. The number of allylic oxidation sites excluding steroid dienone is 1. The fourth-order valence-electron chi connectivity index (χ4n) is 1.97. The number of benzene rings is 2. The molecule has 1 N–H and O–H groups in total. The van der Waals surface area contributed by atoms with E-state index in [4.69, 9.17) is 0 Å². The first-order valence-electron chi connectivity index (χ1n) is 7.00. The van der Waals surface area contributed by atoms with Gasteiger partial charge < -0.3 is 0 Å². The third kappa shape index (κ3) is 4.22. The molecule has 2 aromatic rings. The van der Waals surface area contributed by atoms with Crippen LogP contribution in [0.2, 0.25) is 0 Å². The van der Waals surface area contributed by atoms with Gasteiger partial charge >= 0.3 is 0 Å². The summed E-state index contributed by atoms with van der Waals surface area (Å²) in [6.45, 7) is 2.11. The van der Waals surface area contributed by atoms with Crippen molar-refractivity contribution in [2.45, 2.75) is 23.1 Å². The van der Waals surface area contributed by atoms with Gasteiger partial charge in [0.05, 0.1) is 5.69 Å². The summed E-state index contributed by atoms with van der Waals surface area (Å²) in [5.41, 5.74) is 5.79. The quantitative estimate of drug-likeness (QED) is 0.766. The van der Waals surface area contributed by atoms with Crippen LogP contribution in [-0.4, -0.2) is 10.2 Å². The van der Waals surface area contributed by atoms with Crippen molar-refractivity contribution in [3.05, 3.63) is 66.4 Å². The Balaban J connectivity index is 1.62. The fourth-order valence-corrected chi connectivity index (χ4v) is 3.57. The Hall–Kier alpha value is -1.52.